The molecule has 3 fully saturated rings. The Hall–Kier alpha value is -2.12. The molecule has 3 atom stereocenters. The van der Waals surface area contributed by atoms with Gasteiger partial charge in [0, 0.05) is 44.7 Å². The maximum Gasteiger partial charge on any atom is 0.0984 e. The van der Waals surface area contributed by atoms with Crippen LogP contribution in [0.2, 0.25) is 0 Å². The highest BCUT2D eigenvalue weighted by molar-refractivity contribution is 5.68. The summed E-state index contributed by atoms with van der Waals surface area (Å²) in [4.78, 5) is 4.72. The van der Waals surface area contributed by atoms with E-state index in [-0.39, 0.29) is 0 Å². The third-order valence-corrected chi connectivity index (χ3v) is 5.84. The van der Waals surface area contributed by atoms with Gasteiger partial charge < -0.3 is 28.7 Å². The Morgan fingerprint density at radius 2 is 1.10 bits per heavy atom. The van der Waals surface area contributed by atoms with Crippen molar-refractivity contribution in [3.63, 3.8) is 0 Å². The van der Waals surface area contributed by atoms with Crippen molar-refractivity contribution in [1.82, 2.24) is 0 Å². The molecule has 2 aromatic rings. The second kappa shape index (κ2) is 8.94. The molecule has 5 rings (SSSR count). The molecule has 30 heavy (non-hydrogen) atoms. The molecule has 6 nitrogen and oxygen atoms in total. The molecule has 160 valence electrons. The second-order valence-electron chi connectivity index (χ2n) is 8.30. The minimum Gasteiger partial charge on any atom is -0.383 e. The van der Waals surface area contributed by atoms with Gasteiger partial charge in [-0.2, -0.15) is 0 Å². The van der Waals surface area contributed by atoms with Gasteiger partial charge in [0.1, 0.15) is 0 Å². The van der Waals surface area contributed by atoms with E-state index in [2.05, 4.69) is 58.3 Å². The van der Waals surface area contributed by atoms with Crippen molar-refractivity contribution in [3.05, 3.63) is 48.5 Å². The molecule has 0 aromatic heterocycles. The molecule has 0 N–H and O–H groups in total. The van der Waals surface area contributed by atoms with Crippen molar-refractivity contribution in [3.8, 4) is 11.1 Å². The summed E-state index contributed by atoms with van der Waals surface area (Å²) >= 11 is 0. The van der Waals surface area contributed by atoms with E-state index in [1.807, 2.05) is 0 Å². The average molecular weight is 411 g/mol. The number of hydrogen-bond acceptors (Lipinski definition) is 6. The smallest absolute Gasteiger partial charge is 0.0984 e. The molecule has 0 aliphatic carbocycles. The Bertz CT molecular complexity index is 800. The molecule has 3 heterocycles. The predicted molar refractivity (Wildman–Crippen MR) is 117 cm³/mol. The summed E-state index contributed by atoms with van der Waals surface area (Å²) in [6.07, 6.45) is 1.11. The van der Waals surface area contributed by atoms with Crippen LogP contribution in [-0.2, 0) is 18.9 Å². The van der Waals surface area contributed by atoms with Crippen molar-refractivity contribution in [2.75, 3.05) is 69.5 Å². The van der Waals surface area contributed by atoms with Crippen molar-refractivity contribution in [2.24, 2.45) is 0 Å². The molecular weight excluding hydrogens is 380 g/mol. The van der Waals surface area contributed by atoms with E-state index in [9.17, 15) is 0 Å². The van der Waals surface area contributed by atoms with Gasteiger partial charge in [-0.25, -0.2) is 0 Å². The van der Waals surface area contributed by atoms with Crippen LogP contribution in [0.3, 0.4) is 0 Å². The van der Waals surface area contributed by atoms with Crippen molar-refractivity contribution < 1.29 is 18.9 Å². The highest BCUT2D eigenvalue weighted by Crippen LogP contribution is 2.28. The van der Waals surface area contributed by atoms with Crippen LogP contribution >= 0.6 is 0 Å². The summed E-state index contributed by atoms with van der Waals surface area (Å²) in [5.41, 5.74) is 4.89. The van der Waals surface area contributed by atoms with Crippen LogP contribution in [0.25, 0.3) is 11.1 Å². The zero-order valence-corrected chi connectivity index (χ0v) is 17.5. The Balaban J connectivity index is 1.26. The van der Waals surface area contributed by atoms with Gasteiger partial charge in [-0.05, 0) is 35.4 Å². The number of epoxide rings is 3. The number of methoxy groups -OCH3 is 1. The average Bonchev–Trinajstić information content (AvgIpc) is 3.61. The lowest BCUT2D eigenvalue weighted by atomic mass is 10.0. The fourth-order valence-corrected chi connectivity index (χ4v) is 3.80. The fraction of sp³-hybridized carbons (Fsp3) is 0.500. The first-order valence-corrected chi connectivity index (χ1v) is 10.8. The lowest BCUT2D eigenvalue weighted by molar-refractivity contribution is 0.204. The molecule has 0 saturated carbocycles. The first-order valence-electron chi connectivity index (χ1n) is 10.8. The number of benzene rings is 2. The zero-order valence-electron chi connectivity index (χ0n) is 17.5. The third kappa shape index (κ3) is 5.32. The summed E-state index contributed by atoms with van der Waals surface area (Å²) in [7, 11) is 1.75. The van der Waals surface area contributed by atoms with Gasteiger partial charge in [0.25, 0.3) is 0 Å². The van der Waals surface area contributed by atoms with Gasteiger partial charge in [-0.15, -0.1) is 0 Å². The Labute approximate surface area is 178 Å². The number of nitrogens with zero attached hydrogens (tertiary/aromatic N) is 2. The quantitative estimate of drug-likeness (QED) is 0.502. The molecule has 6 heteroatoms. The van der Waals surface area contributed by atoms with Gasteiger partial charge in [-0.1, -0.05) is 24.3 Å². The zero-order chi connectivity index (χ0) is 20.3. The molecule has 3 aliphatic heterocycles. The molecular formula is C24H30N2O4. The Morgan fingerprint density at radius 1 is 0.700 bits per heavy atom. The van der Waals surface area contributed by atoms with Crippen LogP contribution in [-0.4, -0.2) is 78.0 Å². The highest BCUT2D eigenvalue weighted by atomic mass is 16.6. The summed E-state index contributed by atoms with van der Waals surface area (Å²) in [6.45, 7) is 7.00. The Morgan fingerprint density at radius 3 is 1.50 bits per heavy atom. The topological polar surface area (TPSA) is 53.3 Å². The monoisotopic (exact) mass is 410 g/mol. The maximum atomic E-state index is 5.44. The second-order valence-corrected chi connectivity index (χ2v) is 8.30. The van der Waals surface area contributed by atoms with E-state index in [4.69, 9.17) is 18.9 Å². The van der Waals surface area contributed by atoms with Crippen LogP contribution in [0.15, 0.2) is 48.5 Å². The van der Waals surface area contributed by atoms with Crippen LogP contribution in [0.4, 0.5) is 11.4 Å². The first kappa shape index (κ1) is 19.8. The van der Waals surface area contributed by atoms with E-state index in [1.54, 1.807) is 7.11 Å². The van der Waals surface area contributed by atoms with Crippen LogP contribution < -0.4 is 9.80 Å². The van der Waals surface area contributed by atoms with Gasteiger partial charge in [0.05, 0.1) is 44.7 Å². The third-order valence-electron chi connectivity index (χ3n) is 5.84. The molecule has 3 unspecified atom stereocenters. The number of rotatable bonds is 12. The summed E-state index contributed by atoms with van der Waals surface area (Å²) in [5, 5.41) is 0. The van der Waals surface area contributed by atoms with E-state index < -0.39 is 0 Å². The molecule has 0 amide bonds. The molecule has 0 bridgehead atoms. The van der Waals surface area contributed by atoms with E-state index in [0.29, 0.717) is 24.9 Å². The Kier molecular flexibility index (Phi) is 5.91. The predicted octanol–water partition coefficient (Wildman–Crippen LogP) is 2.81. The summed E-state index contributed by atoms with van der Waals surface area (Å²) in [6, 6.07) is 17.6. The molecule has 2 aromatic carbocycles. The molecule has 3 saturated heterocycles. The minimum absolute atomic E-state index is 0.360. The number of ether oxygens (including phenoxy) is 4. The molecule has 0 spiro atoms. The van der Waals surface area contributed by atoms with Crippen molar-refractivity contribution in [2.45, 2.75) is 18.3 Å². The van der Waals surface area contributed by atoms with Crippen LogP contribution in [0.1, 0.15) is 0 Å². The molecule has 3 aliphatic rings. The van der Waals surface area contributed by atoms with E-state index >= 15 is 0 Å². The molecule has 0 radical (unpaired) electrons. The fourth-order valence-electron chi connectivity index (χ4n) is 3.80. The summed E-state index contributed by atoms with van der Waals surface area (Å²) in [5.74, 6) is 0. The number of anilines is 2. The van der Waals surface area contributed by atoms with Gasteiger partial charge in [0.2, 0.25) is 0 Å². The minimum atomic E-state index is 0.360. The van der Waals surface area contributed by atoms with Gasteiger partial charge in [0.15, 0.2) is 0 Å². The largest absolute Gasteiger partial charge is 0.383 e. The number of hydrogen-bond donors (Lipinski definition) is 0. The lowest BCUT2D eigenvalue weighted by Gasteiger charge is -2.24. The van der Waals surface area contributed by atoms with Gasteiger partial charge >= 0.3 is 0 Å². The van der Waals surface area contributed by atoms with Crippen molar-refractivity contribution in [1.29, 1.82) is 0 Å². The standard InChI is InChI=1S/C24H30N2O4/c1-27-11-10-25(12-22-15-28-22)20-6-2-18(3-7-20)19-4-8-21(9-5-19)26(13-23-16-29-23)14-24-17-30-24/h2-9,22-24H,10-17H2,1H3. The SMILES string of the molecule is COCCN(CC1CO1)c1ccc(-c2ccc(N(CC3CO3)CC3CO3)cc2)cc1. The first-order chi connectivity index (χ1) is 14.8. The highest BCUT2D eigenvalue weighted by Gasteiger charge is 2.31. The maximum absolute atomic E-state index is 5.44. The van der Waals surface area contributed by atoms with E-state index in [0.717, 1.165) is 46.0 Å². The van der Waals surface area contributed by atoms with E-state index in [1.165, 1.54) is 22.5 Å². The normalized spacial score (nSPS) is 23.8. The van der Waals surface area contributed by atoms with Gasteiger partial charge in [-0.3, -0.25) is 0 Å². The van der Waals surface area contributed by atoms with Crippen LogP contribution in [0.5, 0.6) is 0 Å². The summed E-state index contributed by atoms with van der Waals surface area (Å²) < 4.78 is 21.6. The van der Waals surface area contributed by atoms with Crippen molar-refractivity contribution >= 4 is 11.4 Å². The van der Waals surface area contributed by atoms with Crippen LogP contribution in [0, 0.1) is 0 Å². The lowest BCUT2D eigenvalue weighted by Crippen LogP contribution is -2.31.